The van der Waals surface area contributed by atoms with E-state index in [1.54, 1.807) is 19.1 Å². The Morgan fingerprint density at radius 1 is 0.925 bits per heavy atom. The molecule has 10 heteroatoms. The third kappa shape index (κ3) is 7.99. The van der Waals surface area contributed by atoms with Crippen molar-refractivity contribution in [3.8, 4) is 0 Å². The van der Waals surface area contributed by atoms with Crippen molar-refractivity contribution in [1.29, 1.82) is 0 Å². The van der Waals surface area contributed by atoms with Crippen LogP contribution in [0.1, 0.15) is 38.3 Å². The highest BCUT2D eigenvalue weighted by molar-refractivity contribution is 7.92. The van der Waals surface area contributed by atoms with Gasteiger partial charge >= 0.3 is 0 Å². The molecule has 0 bridgehead atoms. The number of carbonyl (C=O) groups is 2. The summed E-state index contributed by atoms with van der Waals surface area (Å²) in [6.07, 6.45) is 1.22. The monoisotopic (exact) mass is 603 g/mol. The van der Waals surface area contributed by atoms with Crippen molar-refractivity contribution in [3.05, 3.63) is 94.0 Å². The first-order chi connectivity index (χ1) is 18.9. The summed E-state index contributed by atoms with van der Waals surface area (Å²) >= 11 is 12.3. The van der Waals surface area contributed by atoms with Crippen molar-refractivity contribution in [3.63, 3.8) is 0 Å². The van der Waals surface area contributed by atoms with E-state index in [0.717, 1.165) is 21.9 Å². The molecule has 0 spiro atoms. The van der Waals surface area contributed by atoms with Gasteiger partial charge in [0.2, 0.25) is 11.8 Å². The van der Waals surface area contributed by atoms with Gasteiger partial charge in [-0.25, -0.2) is 8.42 Å². The molecule has 2 amide bonds. The lowest BCUT2D eigenvalue weighted by Gasteiger charge is -2.32. The molecule has 0 unspecified atom stereocenters. The molecule has 1 N–H and O–H groups in total. The van der Waals surface area contributed by atoms with E-state index >= 15 is 0 Å². The van der Waals surface area contributed by atoms with Crippen LogP contribution in [-0.2, 0) is 26.0 Å². The zero-order valence-electron chi connectivity index (χ0n) is 23.1. The lowest BCUT2D eigenvalue weighted by Crippen LogP contribution is -2.53. The fourth-order valence-electron chi connectivity index (χ4n) is 4.04. The van der Waals surface area contributed by atoms with E-state index in [4.69, 9.17) is 23.2 Å². The summed E-state index contributed by atoms with van der Waals surface area (Å²) in [5, 5.41) is 3.33. The highest BCUT2D eigenvalue weighted by Crippen LogP contribution is 2.31. The fraction of sp³-hybridized carbons (Fsp3) is 0.333. The summed E-state index contributed by atoms with van der Waals surface area (Å²) in [5.41, 5.74) is 2.07. The van der Waals surface area contributed by atoms with Gasteiger partial charge in [0.15, 0.2) is 0 Å². The Labute approximate surface area is 247 Å². The Morgan fingerprint density at radius 3 is 2.17 bits per heavy atom. The van der Waals surface area contributed by atoms with Gasteiger partial charge in [-0.05, 0) is 69.5 Å². The van der Waals surface area contributed by atoms with Crippen LogP contribution in [0.2, 0.25) is 10.0 Å². The SMILES string of the molecule is CC[C@@H](C)NC(=O)[C@@H](C)N(CCc1ccccc1)C(=O)CN(c1ccc(Cl)c(Cl)c1)S(=O)(=O)c1ccc(C)cc1. The van der Waals surface area contributed by atoms with Crippen molar-refractivity contribution < 1.29 is 18.0 Å². The van der Waals surface area contributed by atoms with Gasteiger partial charge in [0.05, 0.1) is 20.6 Å². The number of rotatable bonds is 12. The number of anilines is 1. The summed E-state index contributed by atoms with van der Waals surface area (Å²) in [5.74, 6) is -0.831. The Hall–Kier alpha value is -3.07. The predicted octanol–water partition coefficient (Wildman–Crippen LogP) is 5.87. The quantitative estimate of drug-likeness (QED) is 0.280. The van der Waals surface area contributed by atoms with E-state index in [2.05, 4.69) is 5.32 Å². The molecule has 0 aliphatic rings. The Morgan fingerprint density at radius 2 is 1.57 bits per heavy atom. The average Bonchev–Trinajstić information content (AvgIpc) is 2.93. The third-order valence-electron chi connectivity index (χ3n) is 6.73. The summed E-state index contributed by atoms with van der Waals surface area (Å²) in [7, 11) is -4.18. The normalized spacial score (nSPS) is 12.8. The molecule has 7 nitrogen and oxygen atoms in total. The van der Waals surface area contributed by atoms with Gasteiger partial charge in [0.25, 0.3) is 10.0 Å². The molecular formula is C30H35Cl2N3O4S. The van der Waals surface area contributed by atoms with Crippen molar-refractivity contribution in [1.82, 2.24) is 10.2 Å². The summed E-state index contributed by atoms with van der Waals surface area (Å²) in [6, 6.07) is 19.5. The van der Waals surface area contributed by atoms with E-state index in [9.17, 15) is 18.0 Å². The molecule has 3 rings (SSSR count). The van der Waals surface area contributed by atoms with Crippen LogP contribution in [-0.4, -0.2) is 50.3 Å². The minimum absolute atomic E-state index is 0.0235. The van der Waals surface area contributed by atoms with Crippen molar-refractivity contribution in [2.45, 2.75) is 57.5 Å². The maximum Gasteiger partial charge on any atom is 0.264 e. The van der Waals surface area contributed by atoms with Gasteiger partial charge in [0, 0.05) is 12.6 Å². The molecule has 0 radical (unpaired) electrons. The van der Waals surface area contributed by atoms with Crippen molar-refractivity contribution >= 4 is 50.7 Å². The van der Waals surface area contributed by atoms with E-state index < -0.39 is 28.5 Å². The second kappa shape index (κ2) is 14.0. The first-order valence-corrected chi connectivity index (χ1v) is 15.3. The number of sulfonamides is 1. The van der Waals surface area contributed by atoms with E-state index in [1.807, 2.05) is 51.1 Å². The molecule has 0 aromatic heterocycles. The van der Waals surface area contributed by atoms with Gasteiger partial charge in [-0.1, -0.05) is 78.2 Å². The standard InChI is InChI=1S/C30H35Cl2N3O4S/c1-5-22(3)33-30(37)23(4)34(18-17-24-9-7-6-8-10-24)29(36)20-35(25-13-16-27(31)28(32)19-25)40(38,39)26-14-11-21(2)12-15-26/h6-16,19,22-23H,5,17-18,20H2,1-4H3,(H,33,37)/t22-,23-/m1/s1. The van der Waals surface area contributed by atoms with Gasteiger partial charge in [0.1, 0.15) is 12.6 Å². The number of amides is 2. The molecule has 2 atom stereocenters. The second-order valence-corrected chi connectivity index (χ2v) is 12.4. The summed E-state index contributed by atoms with van der Waals surface area (Å²) in [6.45, 7) is 7.03. The van der Waals surface area contributed by atoms with Crippen LogP contribution in [0.5, 0.6) is 0 Å². The molecule has 214 valence electrons. The van der Waals surface area contributed by atoms with Gasteiger partial charge in [-0.2, -0.15) is 0 Å². The van der Waals surface area contributed by atoms with E-state index in [0.29, 0.717) is 6.42 Å². The molecule has 0 heterocycles. The molecule has 0 aliphatic heterocycles. The zero-order valence-corrected chi connectivity index (χ0v) is 25.4. The fourth-order valence-corrected chi connectivity index (χ4v) is 5.74. The minimum Gasteiger partial charge on any atom is -0.352 e. The summed E-state index contributed by atoms with van der Waals surface area (Å²) in [4.78, 5) is 28.5. The van der Waals surface area contributed by atoms with Crippen LogP contribution in [0.15, 0.2) is 77.7 Å². The Kier molecular flexibility index (Phi) is 11.0. The van der Waals surface area contributed by atoms with Crippen molar-refractivity contribution in [2.75, 3.05) is 17.4 Å². The van der Waals surface area contributed by atoms with Gasteiger partial charge < -0.3 is 10.2 Å². The van der Waals surface area contributed by atoms with Crippen LogP contribution in [0.25, 0.3) is 0 Å². The van der Waals surface area contributed by atoms with Crippen LogP contribution >= 0.6 is 23.2 Å². The first kappa shape index (κ1) is 31.5. The molecule has 3 aromatic carbocycles. The molecule has 0 saturated heterocycles. The Balaban J connectivity index is 2.00. The van der Waals surface area contributed by atoms with E-state index in [-0.39, 0.29) is 39.1 Å². The molecular weight excluding hydrogens is 569 g/mol. The molecule has 0 fully saturated rings. The maximum absolute atomic E-state index is 13.9. The number of nitrogens with zero attached hydrogens (tertiary/aromatic N) is 2. The molecule has 0 saturated carbocycles. The Bertz CT molecular complexity index is 1420. The number of carbonyl (C=O) groups excluding carboxylic acids is 2. The van der Waals surface area contributed by atoms with Crippen LogP contribution in [0.4, 0.5) is 5.69 Å². The second-order valence-electron chi connectivity index (χ2n) is 9.74. The maximum atomic E-state index is 13.9. The number of hydrogen-bond acceptors (Lipinski definition) is 4. The highest BCUT2D eigenvalue weighted by atomic mass is 35.5. The first-order valence-electron chi connectivity index (χ1n) is 13.1. The van der Waals surface area contributed by atoms with Crippen LogP contribution in [0, 0.1) is 6.92 Å². The van der Waals surface area contributed by atoms with Crippen LogP contribution in [0.3, 0.4) is 0 Å². The number of nitrogens with one attached hydrogen (secondary N) is 1. The number of benzene rings is 3. The molecule has 0 aliphatic carbocycles. The lowest BCUT2D eigenvalue weighted by atomic mass is 10.1. The minimum atomic E-state index is -4.18. The molecule has 40 heavy (non-hydrogen) atoms. The summed E-state index contributed by atoms with van der Waals surface area (Å²) < 4.78 is 28.7. The smallest absolute Gasteiger partial charge is 0.264 e. The molecule has 3 aromatic rings. The number of hydrogen-bond donors (Lipinski definition) is 1. The number of aryl methyl sites for hydroxylation is 1. The van der Waals surface area contributed by atoms with Gasteiger partial charge in [-0.3, -0.25) is 13.9 Å². The predicted molar refractivity (Wildman–Crippen MR) is 161 cm³/mol. The topological polar surface area (TPSA) is 86.8 Å². The third-order valence-corrected chi connectivity index (χ3v) is 9.26. The van der Waals surface area contributed by atoms with Crippen molar-refractivity contribution in [2.24, 2.45) is 0 Å². The van der Waals surface area contributed by atoms with Crippen LogP contribution < -0.4 is 9.62 Å². The largest absolute Gasteiger partial charge is 0.352 e. The lowest BCUT2D eigenvalue weighted by molar-refractivity contribution is -0.139. The van der Waals surface area contributed by atoms with Gasteiger partial charge in [-0.15, -0.1) is 0 Å². The highest BCUT2D eigenvalue weighted by Gasteiger charge is 2.32. The average molecular weight is 605 g/mol. The zero-order chi connectivity index (χ0) is 29.4. The number of halogens is 2. The van der Waals surface area contributed by atoms with E-state index in [1.165, 1.54) is 35.2 Å².